The van der Waals surface area contributed by atoms with Crippen LogP contribution in [0.3, 0.4) is 0 Å². The molecule has 2 aliphatic rings. The molecule has 1 aromatic carbocycles. The molecule has 0 bridgehead atoms. The SMILES string of the molecule is CCOC(=O)C1=C(C)NC2=C(C(=O)C(C)(C)CC2)C1c1ccccc1Cl. The Labute approximate surface area is 159 Å². The molecule has 1 aromatic rings. The van der Waals surface area contributed by atoms with E-state index < -0.39 is 17.3 Å². The summed E-state index contributed by atoms with van der Waals surface area (Å²) >= 11 is 6.47. The average Bonchev–Trinajstić information content (AvgIpc) is 2.58. The molecule has 1 N–H and O–H groups in total. The Hall–Kier alpha value is -2.07. The van der Waals surface area contributed by atoms with Gasteiger partial charge in [-0.25, -0.2) is 4.79 Å². The molecule has 4 nitrogen and oxygen atoms in total. The molecule has 0 radical (unpaired) electrons. The van der Waals surface area contributed by atoms with E-state index in [0.29, 0.717) is 16.2 Å². The van der Waals surface area contributed by atoms with Gasteiger partial charge in [-0.15, -0.1) is 0 Å². The van der Waals surface area contributed by atoms with Crippen molar-refractivity contribution in [1.29, 1.82) is 0 Å². The number of Topliss-reactive ketones (excluding diaryl/α,β-unsaturated/α-hetero) is 1. The number of hydrogen-bond acceptors (Lipinski definition) is 4. The number of allylic oxidation sites excluding steroid dienone is 3. The summed E-state index contributed by atoms with van der Waals surface area (Å²) in [5.41, 5.74) is 3.01. The fraction of sp³-hybridized carbons (Fsp3) is 0.429. The Balaban J connectivity index is 2.23. The first kappa shape index (κ1) is 18.7. The molecule has 1 aliphatic carbocycles. The number of benzene rings is 1. The molecule has 0 saturated heterocycles. The maximum atomic E-state index is 13.3. The first-order chi connectivity index (χ1) is 12.3. The first-order valence-corrected chi connectivity index (χ1v) is 9.33. The van der Waals surface area contributed by atoms with Crippen LogP contribution in [0.25, 0.3) is 0 Å². The number of halogens is 1. The predicted octanol–water partition coefficient (Wildman–Crippen LogP) is 4.51. The van der Waals surface area contributed by atoms with Crippen molar-refractivity contribution in [1.82, 2.24) is 5.32 Å². The molecule has 5 heteroatoms. The fourth-order valence-corrected chi connectivity index (χ4v) is 4.02. The van der Waals surface area contributed by atoms with Crippen LogP contribution in [0.2, 0.25) is 5.02 Å². The summed E-state index contributed by atoms with van der Waals surface area (Å²) in [5, 5.41) is 3.83. The molecule has 3 rings (SSSR count). The third kappa shape index (κ3) is 3.07. The number of carbonyl (C=O) groups excluding carboxylic acids is 2. The maximum Gasteiger partial charge on any atom is 0.336 e. The van der Waals surface area contributed by atoms with Crippen LogP contribution in [0.5, 0.6) is 0 Å². The van der Waals surface area contributed by atoms with Crippen molar-refractivity contribution in [2.75, 3.05) is 6.61 Å². The molecule has 0 fully saturated rings. The van der Waals surface area contributed by atoms with E-state index in [4.69, 9.17) is 16.3 Å². The van der Waals surface area contributed by atoms with Crippen LogP contribution >= 0.6 is 11.6 Å². The largest absolute Gasteiger partial charge is 0.463 e. The van der Waals surface area contributed by atoms with E-state index in [-0.39, 0.29) is 12.4 Å². The van der Waals surface area contributed by atoms with Crippen LogP contribution in [0, 0.1) is 5.41 Å². The molecule has 0 amide bonds. The van der Waals surface area contributed by atoms with Crippen LogP contribution in [-0.4, -0.2) is 18.4 Å². The lowest BCUT2D eigenvalue weighted by Gasteiger charge is -2.39. The van der Waals surface area contributed by atoms with E-state index in [1.54, 1.807) is 13.0 Å². The van der Waals surface area contributed by atoms with Gasteiger partial charge < -0.3 is 10.1 Å². The van der Waals surface area contributed by atoms with Gasteiger partial charge in [0.25, 0.3) is 0 Å². The smallest absolute Gasteiger partial charge is 0.336 e. The van der Waals surface area contributed by atoms with E-state index in [1.165, 1.54) is 0 Å². The highest BCUT2D eigenvalue weighted by molar-refractivity contribution is 6.31. The van der Waals surface area contributed by atoms with Crippen molar-refractivity contribution in [3.8, 4) is 0 Å². The summed E-state index contributed by atoms with van der Waals surface area (Å²) in [6, 6.07) is 7.38. The van der Waals surface area contributed by atoms with Gasteiger partial charge in [0, 0.05) is 33.3 Å². The number of rotatable bonds is 3. The van der Waals surface area contributed by atoms with E-state index in [1.807, 2.05) is 39.0 Å². The standard InChI is InChI=1S/C21H24ClNO3/c1-5-26-20(25)16-12(2)23-15-10-11-21(3,4)19(24)18(15)17(16)13-8-6-7-9-14(13)22/h6-9,17,23H,5,10-11H2,1-4H3. The molecular weight excluding hydrogens is 350 g/mol. The first-order valence-electron chi connectivity index (χ1n) is 8.95. The zero-order chi connectivity index (χ0) is 19.1. The lowest BCUT2D eigenvalue weighted by Crippen LogP contribution is -2.40. The molecule has 138 valence electrons. The number of nitrogens with one attached hydrogen (secondary N) is 1. The topological polar surface area (TPSA) is 55.4 Å². The van der Waals surface area contributed by atoms with Gasteiger partial charge in [-0.3, -0.25) is 4.79 Å². The molecule has 1 atom stereocenters. The highest BCUT2D eigenvalue weighted by atomic mass is 35.5. The highest BCUT2D eigenvalue weighted by Crippen LogP contribution is 2.48. The van der Waals surface area contributed by atoms with Crippen molar-refractivity contribution in [3.05, 3.63) is 57.4 Å². The number of esters is 1. The van der Waals surface area contributed by atoms with Gasteiger partial charge in [-0.2, -0.15) is 0 Å². The Morgan fingerprint density at radius 3 is 2.69 bits per heavy atom. The summed E-state index contributed by atoms with van der Waals surface area (Å²) in [6.07, 6.45) is 1.54. The maximum absolute atomic E-state index is 13.3. The number of ketones is 1. The monoisotopic (exact) mass is 373 g/mol. The van der Waals surface area contributed by atoms with Crippen LogP contribution in [-0.2, 0) is 14.3 Å². The number of dihydropyridines is 1. The minimum absolute atomic E-state index is 0.0606. The lowest BCUT2D eigenvalue weighted by molar-refractivity contribution is -0.138. The Kier molecular flexibility index (Phi) is 4.98. The van der Waals surface area contributed by atoms with Crippen molar-refractivity contribution in [2.45, 2.75) is 46.5 Å². The second-order valence-corrected chi connectivity index (χ2v) is 7.85. The molecular formula is C21H24ClNO3. The zero-order valence-corrected chi connectivity index (χ0v) is 16.4. The Bertz CT molecular complexity index is 835. The van der Waals surface area contributed by atoms with Crippen molar-refractivity contribution < 1.29 is 14.3 Å². The van der Waals surface area contributed by atoms with Crippen LogP contribution < -0.4 is 5.32 Å². The van der Waals surface area contributed by atoms with E-state index in [0.717, 1.165) is 29.8 Å². The van der Waals surface area contributed by atoms with Gasteiger partial charge >= 0.3 is 5.97 Å². The second kappa shape index (κ2) is 6.92. The second-order valence-electron chi connectivity index (χ2n) is 7.44. The van der Waals surface area contributed by atoms with Crippen LogP contribution in [0.4, 0.5) is 0 Å². The summed E-state index contributed by atoms with van der Waals surface area (Å²) in [7, 11) is 0. The summed E-state index contributed by atoms with van der Waals surface area (Å²) in [4.78, 5) is 26.0. The van der Waals surface area contributed by atoms with E-state index >= 15 is 0 Å². The average molecular weight is 374 g/mol. The van der Waals surface area contributed by atoms with Gasteiger partial charge in [0.05, 0.1) is 12.2 Å². The molecule has 1 aliphatic heterocycles. The Morgan fingerprint density at radius 1 is 1.35 bits per heavy atom. The summed E-state index contributed by atoms with van der Waals surface area (Å²) in [5.74, 6) is -0.860. The zero-order valence-electron chi connectivity index (χ0n) is 15.6. The quantitative estimate of drug-likeness (QED) is 0.792. The summed E-state index contributed by atoms with van der Waals surface area (Å²) in [6.45, 7) is 7.81. The summed E-state index contributed by atoms with van der Waals surface area (Å²) < 4.78 is 5.30. The van der Waals surface area contributed by atoms with Gasteiger partial charge in [0.1, 0.15) is 0 Å². The molecule has 1 unspecified atom stereocenters. The van der Waals surface area contributed by atoms with E-state index in [9.17, 15) is 9.59 Å². The molecule has 1 heterocycles. The number of carbonyl (C=O) groups is 2. The molecule has 0 spiro atoms. The van der Waals surface area contributed by atoms with Gasteiger partial charge in [-0.05, 0) is 38.3 Å². The normalized spacial score (nSPS) is 22.0. The molecule has 26 heavy (non-hydrogen) atoms. The van der Waals surface area contributed by atoms with Gasteiger partial charge in [0.2, 0.25) is 0 Å². The van der Waals surface area contributed by atoms with Crippen LogP contribution in [0.1, 0.15) is 52.0 Å². The number of hydrogen-bond donors (Lipinski definition) is 1. The van der Waals surface area contributed by atoms with Crippen LogP contribution in [0.15, 0.2) is 46.8 Å². The molecule has 0 saturated carbocycles. The third-order valence-corrected chi connectivity index (χ3v) is 5.56. The van der Waals surface area contributed by atoms with E-state index in [2.05, 4.69) is 5.32 Å². The minimum Gasteiger partial charge on any atom is -0.463 e. The van der Waals surface area contributed by atoms with Gasteiger partial charge in [0.15, 0.2) is 5.78 Å². The third-order valence-electron chi connectivity index (χ3n) is 5.22. The molecule has 0 aromatic heterocycles. The van der Waals surface area contributed by atoms with Gasteiger partial charge in [-0.1, -0.05) is 43.6 Å². The number of ether oxygens (including phenoxy) is 1. The van der Waals surface area contributed by atoms with Crippen molar-refractivity contribution >= 4 is 23.4 Å². The predicted molar refractivity (Wildman–Crippen MR) is 102 cm³/mol. The Morgan fingerprint density at radius 2 is 2.04 bits per heavy atom. The van der Waals surface area contributed by atoms with Crippen molar-refractivity contribution in [3.63, 3.8) is 0 Å². The fourth-order valence-electron chi connectivity index (χ4n) is 3.78. The minimum atomic E-state index is -0.508. The van der Waals surface area contributed by atoms with Crippen molar-refractivity contribution in [2.24, 2.45) is 5.41 Å². The highest BCUT2D eigenvalue weighted by Gasteiger charge is 2.45. The lowest BCUT2D eigenvalue weighted by atomic mass is 9.67.